The molecule has 1 unspecified atom stereocenters. The van der Waals surface area contributed by atoms with Crippen LogP contribution in [-0.2, 0) is 4.79 Å². The minimum atomic E-state index is -0.592. The lowest BCUT2D eigenvalue weighted by Gasteiger charge is -2.19. The minimum absolute atomic E-state index is 0.0116. The number of amides is 1. The van der Waals surface area contributed by atoms with Crippen LogP contribution in [0, 0.1) is 5.92 Å². The number of nitrogens with one attached hydrogen (secondary N) is 1. The van der Waals surface area contributed by atoms with Gasteiger partial charge < -0.3 is 15.8 Å². The first-order valence-corrected chi connectivity index (χ1v) is 6.31. The molecule has 106 valence electrons. The van der Waals surface area contributed by atoms with E-state index in [9.17, 15) is 4.79 Å². The number of hydrogen-bond donors (Lipinski definition) is 2. The summed E-state index contributed by atoms with van der Waals surface area (Å²) < 4.78 is 5.34. The number of anilines is 1. The van der Waals surface area contributed by atoms with Gasteiger partial charge in [-0.3, -0.25) is 4.79 Å². The summed E-state index contributed by atoms with van der Waals surface area (Å²) in [5.41, 5.74) is 5.31. The molecule has 0 spiro atoms. The summed E-state index contributed by atoms with van der Waals surface area (Å²) in [7, 11) is 0. The molecule has 0 saturated carbocycles. The molecule has 1 aromatic heterocycles. The van der Waals surface area contributed by atoms with Gasteiger partial charge in [-0.05, 0) is 31.4 Å². The van der Waals surface area contributed by atoms with E-state index in [0.717, 1.165) is 0 Å². The van der Waals surface area contributed by atoms with Crippen molar-refractivity contribution >= 4 is 23.5 Å². The van der Waals surface area contributed by atoms with Gasteiger partial charge in [0.2, 0.25) is 17.1 Å². The number of nitrogens with zero attached hydrogens (tertiary/aromatic N) is 3. The molecule has 1 amide bonds. The van der Waals surface area contributed by atoms with Crippen molar-refractivity contribution in [2.24, 2.45) is 11.7 Å². The number of rotatable bonds is 6. The molecule has 3 N–H and O–H groups in total. The van der Waals surface area contributed by atoms with Crippen LogP contribution in [-0.4, -0.2) is 33.0 Å². The van der Waals surface area contributed by atoms with Crippen molar-refractivity contribution in [2.45, 2.75) is 39.8 Å². The number of hydrogen-bond acceptors (Lipinski definition) is 6. The second-order valence-corrected chi connectivity index (χ2v) is 4.98. The highest BCUT2D eigenvalue weighted by atomic mass is 35.5. The maximum atomic E-state index is 11.3. The summed E-state index contributed by atoms with van der Waals surface area (Å²) in [6, 6.07) is -0.491. The van der Waals surface area contributed by atoms with Gasteiger partial charge in [-0.25, -0.2) is 0 Å². The van der Waals surface area contributed by atoms with Crippen LogP contribution in [0.25, 0.3) is 0 Å². The van der Waals surface area contributed by atoms with Crippen LogP contribution in [0.15, 0.2) is 0 Å². The lowest BCUT2D eigenvalue weighted by molar-refractivity contribution is -0.119. The van der Waals surface area contributed by atoms with Crippen LogP contribution in [0.3, 0.4) is 0 Å². The Balaban J connectivity index is 2.93. The van der Waals surface area contributed by atoms with Crippen LogP contribution in [0.2, 0.25) is 5.28 Å². The van der Waals surface area contributed by atoms with E-state index < -0.39 is 11.9 Å². The molecule has 0 aromatic carbocycles. The molecule has 0 bridgehead atoms. The molecular formula is C11H18ClN5O2. The first-order valence-electron chi connectivity index (χ1n) is 5.93. The molecule has 19 heavy (non-hydrogen) atoms. The summed E-state index contributed by atoms with van der Waals surface area (Å²) in [6.45, 7) is 7.39. The highest BCUT2D eigenvalue weighted by Gasteiger charge is 2.21. The molecule has 0 radical (unpaired) electrons. The highest BCUT2D eigenvalue weighted by Crippen LogP contribution is 2.15. The average molecular weight is 288 g/mol. The van der Waals surface area contributed by atoms with Gasteiger partial charge in [-0.2, -0.15) is 15.0 Å². The Kier molecular flexibility index (Phi) is 5.29. The van der Waals surface area contributed by atoms with Gasteiger partial charge in [0, 0.05) is 0 Å². The minimum Gasteiger partial charge on any atom is -0.461 e. The van der Waals surface area contributed by atoms with Gasteiger partial charge in [0.25, 0.3) is 0 Å². The van der Waals surface area contributed by atoms with Crippen molar-refractivity contribution in [2.75, 3.05) is 5.32 Å². The lowest BCUT2D eigenvalue weighted by Crippen LogP contribution is -2.40. The second-order valence-electron chi connectivity index (χ2n) is 4.65. The molecule has 1 heterocycles. The van der Waals surface area contributed by atoms with Crippen molar-refractivity contribution in [3.05, 3.63) is 5.28 Å². The van der Waals surface area contributed by atoms with Crippen molar-refractivity contribution in [3.8, 4) is 6.01 Å². The topological polar surface area (TPSA) is 103 Å². The molecule has 7 nitrogen and oxygen atoms in total. The van der Waals surface area contributed by atoms with Gasteiger partial charge >= 0.3 is 6.01 Å². The maximum Gasteiger partial charge on any atom is 0.322 e. The van der Waals surface area contributed by atoms with Crippen LogP contribution in [0.4, 0.5) is 5.95 Å². The SMILES string of the molecule is CC(C)Oc1nc(Cl)nc(NC(C(N)=O)C(C)C)n1. The van der Waals surface area contributed by atoms with Crippen molar-refractivity contribution in [1.82, 2.24) is 15.0 Å². The Bertz CT molecular complexity index is 453. The quantitative estimate of drug-likeness (QED) is 0.816. The van der Waals surface area contributed by atoms with E-state index in [1.165, 1.54) is 0 Å². The predicted octanol–water partition coefficient (Wildman–Crippen LogP) is 1.23. The molecule has 0 aliphatic heterocycles. The van der Waals surface area contributed by atoms with E-state index in [2.05, 4.69) is 20.3 Å². The Labute approximate surface area is 116 Å². The van der Waals surface area contributed by atoms with Gasteiger partial charge in [-0.1, -0.05) is 13.8 Å². The van der Waals surface area contributed by atoms with E-state index in [1.54, 1.807) is 0 Å². The van der Waals surface area contributed by atoms with Crippen LogP contribution in [0.5, 0.6) is 6.01 Å². The third kappa shape index (κ3) is 4.86. The fraction of sp³-hybridized carbons (Fsp3) is 0.636. The summed E-state index contributed by atoms with van der Waals surface area (Å²) in [6.07, 6.45) is -0.0941. The number of carbonyl (C=O) groups is 1. The summed E-state index contributed by atoms with van der Waals surface area (Å²) in [4.78, 5) is 23.1. The molecule has 1 aromatic rings. The number of aromatic nitrogens is 3. The van der Waals surface area contributed by atoms with Gasteiger partial charge in [-0.15, -0.1) is 0 Å². The molecule has 0 fully saturated rings. The number of primary amides is 1. The summed E-state index contributed by atoms with van der Waals surface area (Å²) in [5, 5.41) is 2.82. The molecule has 0 aliphatic rings. The van der Waals surface area contributed by atoms with Crippen molar-refractivity contribution in [3.63, 3.8) is 0 Å². The smallest absolute Gasteiger partial charge is 0.322 e. The molecule has 1 rings (SSSR count). The maximum absolute atomic E-state index is 11.3. The largest absolute Gasteiger partial charge is 0.461 e. The van der Waals surface area contributed by atoms with E-state index in [4.69, 9.17) is 22.1 Å². The molecule has 0 aliphatic carbocycles. The lowest BCUT2D eigenvalue weighted by atomic mass is 10.0. The first kappa shape index (κ1) is 15.4. The summed E-state index contributed by atoms with van der Waals surface area (Å²) >= 11 is 5.78. The van der Waals surface area contributed by atoms with Gasteiger partial charge in [0.15, 0.2) is 0 Å². The zero-order chi connectivity index (χ0) is 14.6. The number of ether oxygens (including phenoxy) is 1. The Morgan fingerprint density at radius 2 is 1.89 bits per heavy atom. The first-order chi connectivity index (χ1) is 8.79. The molecule has 0 saturated heterocycles. The Morgan fingerprint density at radius 3 is 2.37 bits per heavy atom. The van der Waals surface area contributed by atoms with E-state index in [-0.39, 0.29) is 29.3 Å². The molecule has 1 atom stereocenters. The zero-order valence-electron chi connectivity index (χ0n) is 11.3. The highest BCUT2D eigenvalue weighted by molar-refractivity contribution is 6.28. The van der Waals surface area contributed by atoms with Gasteiger partial charge in [0.1, 0.15) is 6.04 Å². The van der Waals surface area contributed by atoms with Crippen LogP contribution < -0.4 is 15.8 Å². The van der Waals surface area contributed by atoms with Crippen LogP contribution in [0.1, 0.15) is 27.7 Å². The second kappa shape index (κ2) is 6.51. The van der Waals surface area contributed by atoms with Gasteiger partial charge in [0.05, 0.1) is 6.10 Å². The Hall–Kier alpha value is -1.63. The predicted molar refractivity (Wildman–Crippen MR) is 72.0 cm³/mol. The zero-order valence-corrected chi connectivity index (χ0v) is 12.1. The van der Waals surface area contributed by atoms with Crippen molar-refractivity contribution in [1.29, 1.82) is 0 Å². The number of halogens is 1. The summed E-state index contributed by atoms with van der Waals surface area (Å²) in [5.74, 6) is -0.339. The molecule has 8 heteroatoms. The molecular weight excluding hydrogens is 270 g/mol. The van der Waals surface area contributed by atoms with E-state index in [0.29, 0.717) is 0 Å². The fourth-order valence-corrected chi connectivity index (χ4v) is 1.52. The fourth-order valence-electron chi connectivity index (χ4n) is 1.37. The monoisotopic (exact) mass is 287 g/mol. The van der Waals surface area contributed by atoms with Crippen LogP contribution >= 0.6 is 11.6 Å². The number of carbonyl (C=O) groups excluding carboxylic acids is 1. The number of nitrogens with two attached hydrogens (primary N) is 1. The standard InChI is InChI=1S/C11H18ClN5O2/c1-5(2)7(8(13)18)14-10-15-9(12)16-11(17-10)19-6(3)4/h5-7H,1-4H3,(H2,13,18)(H,14,15,16,17). The third-order valence-corrected chi connectivity index (χ3v) is 2.36. The average Bonchev–Trinajstić information content (AvgIpc) is 2.23. The van der Waals surface area contributed by atoms with E-state index in [1.807, 2.05) is 27.7 Å². The normalized spacial score (nSPS) is 12.6. The van der Waals surface area contributed by atoms with Crippen molar-refractivity contribution < 1.29 is 9.53 Å². The Morgan fingerprint density at radius 1 is 1.26 bits per heavy atom. The third-order valence-electron chi connectivity index (χ3n) is 2.19. The van der Waals surface area contributed by atoms with E-state index >= 15 is 0 Å².